The first-order valence-electron chi connectivity index (χ1n) is 6.36. The van der Waals surface area contributed by atoms with Gasteiger partial charge >= 0.3 is 0 Å². The third kappa shape index (κ3) is 4.79. The van der Waals surface area contributed by atoms with Gasteiger partial charge in [0.15, 0.2) is 0 Å². The normalized spacial score (nSPS) is 11.8. The van der Waals surface area contributed by atoms with Crippen molar-refractivity contribution < 1.29 is 14.3 Å². The monoisotopic (exact) mass is 266 g/mol. The summed E-state index contributed by atoms with van der Waals surface area (Å²) in [6.45, 7) is 2.84. The van der Waals surface area contributed by atoms with E-state index in [0.717, 1.165) is 11.5 Å². The summed E-state index contributed by atoms with van der Waals surface area (Å²) in [4.78, 5) is 13.3. The van der Waals surface area contributed by atoms with Crippen LogP contribution in [0.5, 0.6) is 11.5 Å². The second kappa shape index (κ2) is 7.63. The Hall–Kier alpha value is -1.75. The van der Waals surface area contributed by atoms with Crippen molar-refractivity contribution in [2.45, 2.75) is 19.4 Å². The molecule has 0 fully saturated rings. The molecule has 0 saturated heterocycles. The van der Waals surface area contributed by atoms with Crippen LogP contribution in [-0.2, 0) is 4.79 Å². The van der Waals surface area contributed by atoms with Gasteiger partial charge in [-0.2, -0.15) is 0 Å². The first kappa shape index (κ1) is 15.3. The molecule has 19 heavy (non-hydrogen) atoms. The quantitative estimate of drug-likeness (QED) is 0.807. The zero-order valence-corrected chi connectivity index (χ0v) is 11.8. The van der Waals surface area contributed by atoms with Crippen molar-refractivity contribution in [2.24, 2.45) is 5.73 Å². The number of nitrogens with two attached hydrogens (primary N) is 1. The fraction of sp³-hybridized carbons (Fsp3) is 0.500. The number of carbonyl (C=O) groups is 1. The predicted octanol–water partition coefficient (Wildman–Crippen LogP) is 1.27. The van der Waals surface area contributed by atoms with Crippen LogP contribution in [0.3, 0.4) is 0 Å². The highest BCUT2D eigenvalue weighted by atomic mass is 16.5. The van der Waals surface area contributed by atoms with Gasteiger partial charge in [0.2, 0.25) is 5.91 Å². The van der Waals surface area contributed by atoms with E-state index in [9.17, 15) is 4.79 Å². The van der Waals surface area contributed by atoms with Crippen LogP contribution in [0.15, 0.2) is 24.3 Å². The third-order valence-corrected chi connectivity index (χ3v) is 2.89. The number of amides is 1. The van der Waals surface area contributed by atoms with Crippen LogP contribution < -0.4 is 15.2 Å². The Kier molecular flexibility index (Phi) is 6.15. The van der Waals surface area contributed by atoms with Gasteiger partial charge in [-0.3, -0.25) is 4.79 Å². The molecule has 1 rings (SSSR count). The summed E-state index contributed by atoms with van der Waals surface area (Å²) in [6, 6.07) is 6.90. The van der Waals surface area contributed by atoms with E-state index in [1.165, 1.54) is 0 Å². The van der Waals surface area contributed by atoms with Crippen molar-refractivity contribution >= 4 is 5.91 Å². The minimum atomic E-state index is -0.425. The van der Waals surface area contributed by atoms with Crippen molar-refractivity contribution in [3.63, 3.8) is 0 Å². The molecule has 0 aliphatic heterocycles. The molecule has 0 bridgehead atoms. The van der Waals surface area contributed by atoms with Crippen LogP contribution >= 0.6 is 0 Å². The molecule has 0 spiro atoms. The number of hydrogen-bond acceptors (Lipinski definition) is 4. The second-order valence-electron chi connectivity index (χ2n) is 4.30. The van der Waals surface area contributed by atoms with Gasteiger partial charge in [-0.05, 0) is 30.7 Å². The fourth-order valence-corrected chi connectivity index (χ4v) is 1.54. The van der Waals surface area contributed by atoms with Gasteiger partial charge in [-0.1, -0.05) is 6.92 Å². The SMILES string of the molecule is CCC(N)C(=O)N(C)CCOc1ccc(OC)cc1. The first-order chi connectivity index (χ1) is 9.08. The highest BCUT2D eigenvalue weighted by molar-refractivity contribution is 5.81. The van der Waals surface area contributed by atoms with Crippen LogP contribution in [0.1, 0.15) is 13.3 Å². The summed E-state index contributed by atoms with van der Waals surface area (Å²) in [6.07, 6.45) is 0.641. The van der Waals surface area contributed by atoms with Gasteiger partial charge in [-0.15, -0.1) is 0 Å². The Morgan fingerprint density at radius 2 is 1.89 bits per heavy atom. The number of nitrogens with zero attached hydrogens (tertiary/aromatic N) is 1. The molecule has 0 radical (unpaired) electrons. The molecule has 0 aliphatic carbocycles. The molecule has 0 aliphatic rings. The van der Waals surface area contributed by atoms with E-state index in [1.807, 2.05) is 31.2 Å². The lowest BCUT2D eigenvalue weighted by Crippen LogP contribution is -2.42. The first-order valence-corrected chi connectivity index (χ1v) is 6.36. The van der Waals surface area contributed by atoms with Gasteiger partial charge in [0.05, 0.1) is 19.7 Å². The van der Waals surface area contributed by atoms with Crippen LogP contribution in [0.2, 0.25) is 0 Å². The lowest BCUT2D eigenvalue weighted by Gasteiger charge is -2.20. The Morgan fingerprint density at radius 3 is 2.42 bits per heavy atom. The van der Waals surface area contributed by atoms with Crippen molar-refractivity contribution in [3.05, 3.63) is 24.3 Å². The molecule has 5 heteroatoms. The van der Waals surface area contributed by atoms with E-state index in [4.69, 9.17) is 15.2 Å². The summed E-state index contributed by atoms with van der Waals surface area (Å²) in [5.41, 5.74) is 5.69. The molecular formula is C14H22N2O3. The van der Waals surface area contributed by atoms with E-state index in [0.29, 0.717) is 19.6 Å². The van der Waals surface area contributed by atoms with E-state index in [1.54, 1.807) is 19.1 Å². The number of ether oxygens (including phenoxy) is 2. The Morgan fingerprint density at radius 1 is 1.32 bits per heavy atom. The van der Waals surface area contributed by atoms with E-state index in [-0.39, 0.29) is 5.91 Å². The zero-order chi connectivity index (χ0) is 14.3. The molecule has 5 nitrogen and oxygen atoms in total. The Bertz CT molecular complexity index is 392. The van der Waals surface area contributed by atoms with Gasteiger partial charge in [0.1, 0.15) is 18.1 Å². The number of rotatable bonds is 7. The average Bonchev–Trinajstić information content (AvgIpc) is 2.46. The molecule has 1 aromatic carbocycles. The Balaban J connectivity index is 2.35. The maximum absolute atomic E-state index is 11.7. The van der Waals surface area contributed by atoms with E-state index >= 15 is 0 Å². The average molecular weight is 266 g/mol. The van der Waals surface area contributed by atoms with Crippen molar-refractivity contribution in [2.75, 3.05) is 27.3 Å². The zero-order valence-electron chi connectivity index (χ0n) is 11.8. The molecule has 1 aromatic rings. The van der Waals surface area contributed by atoms with Gasteiger partial charge in [0.25, 0.3) is 0 Å². The fourth-order valence-electron chi connectivity index (χ4n) is 1.54. The van der Waals surface area contributed by atoms with Crippen molar-refractivity contribution in [1.82, 2.24) is 4.90 Å². The minimum absolute atomic E-state index is 0.0548. The molecule has 0 saturated carbocycles. The summed E-state index contributed by atoms with van der Waals surface area (Å²) in [5.74, 6) is 1.48. The summed E-state index contributed by atoms with van der Waals surface area (Å²) < 4.78 is 10.6. The molecule has 2 N–H and O–H groups in total. The highest BCUT2D eigenvalue weighted by Gasteiger charge is 2.15. The number of carbonyl (C=O) groups excluding carboxylic acids is 1. The van der Waals surface area contributed by atoms with Gasteiger partial charge in [0, 0.05) is 7.05 Å². The topological polar surface area (TPSA) is 64.8 Å². The van der Waals surface area contributed by atoms with E-state index in [2.05, 4.69) is 0 Å². The van der Waals surface area contributed by atoms with Crippen LogP contribution in [0, 0.1) is 0 Å². The molecule has 1 atom stereocenters. The van der Waals surface area contributed by atoms with E-state index < -0.39 is 6.04 Å². The number of hydrogen-bond donors (Lipinski definition) is 1. The maximum Gasteiger partial charge on any atom is 0.239 e. The van der Waals surface area contributed by atoms with Crippen molar-refractivity contribution in [3.8, 4) is 11.5 Å². The molecule has 106 valence electrons. The van der Waals surface area contributed by atoms with Crippen LogP contribution in [0.25, 0.3) is 0 Å². The summed E-state index contributed by atoms with van der Waals surface area (Å²) >= 11 is 0. The van der Waals surface area contributed by atoms with Crippen molar-refractivity contribution in [1.29, 1.82) is 0 Å². The van der Waals surface area contributed by atoms with Gasteiger partial charge < -0.3 is 20.1 Å². The molecule has 0 heterocycles. The third-order valence-electron chi connectivity index (χ3n) is 2.89. The largest absolute Gasteiger partial charge is 0.497 e. The maximum atomic E-state index is 11.7. The predicted molar refractivity (Wildman–Crippen MR) is 74.4 cm³/mol. The minimum Gasteiger partial charge on any atom is -0.497 e. The number of methoxy groups -OCH3 is 1. The summed E-state index contributed by atoms with van der Waals surface area (Å²) in [7, 11) is 3.35. The summed E-state index contributed by atoms with van der Waals surface area (Å²) in [5, 5.41) is 0. The Labute approximate surface area is 114 Å². The smallest absolute Gasteiger partial charge is 0.239 e. The molecule has 1 unspecified atom stereocenters. The molecule has 1 amide bonds. The lowest BCUT2D eigenvalue weighted by atomic mass is 10.2. The standard InChI is InChI=1S/C14H22N2O3/c1-4-13(15)14(17)16(2)9-10-19-12-7-5-11(18-3)6-8-12/h5-8,13H,4,9-10,15H2,1-3H3. The lowest BCUT2D eigenvalue weighted by molar-refractivity contribution is -0.131. The number of benzene rings is 1. The van der Waals surface area contributed by atoms with Crippen LogP contribution in [0.4, 0.5) is 0 Å². The molecular weight excluding hydrogens is 244 g/mol. The number of likely N-dealkylation sites (N-methyl/N-ethyl adjacent to an activating group) is 1. The molecule has 0 aromatic heterocycles. The second-order valence-corrected chi connectivity index (χ2v) is 4.30. The highest BCUT2D eigenvalue weighted by Crippen LogP contribution is 2.16. The van der Waals surface area contributed by atoms with Gasteiger partial charge in [-0.25, -0.2) is 0 Å². The van der Waals surface area contributed by atoms with Crippen LogP contribution in [-0.4, -0.2) is 44.2 Å².